The zero-order valence-corrected chi connectivity index (χ0v) is 10.3. The van der Waals surface area contributed by atoms with Crippen molar-refractivity contribution in [1.29, 1.82) is 0 Å². The van der Waals surface area contributed by atoms with Crippen molar-refractivity contribution in [2.24, 2.45) is 0 Å². The van der Waals surface area contributed by atoms with Crippen LogP contribution < -0.4 is 5.56 Å². The highest BCUT2D eigenvalue weighted by Gasteiger charge is 2.20. The van der Waals surface area contributed by atoms with Gasteiger partial charge in [0, 0.05) is 18.2 Å². The Kier molecular flexibility index (Phi) is 3.32. The largest absolute Gasteiger partial charge is 0.312 e. The van der Waals surface area contributed by atoms with Gasteiger partial charge in [0.2, 0.25) is 0 Å². The number of aromatic nitrogens is 2. The third-order valence-electron chi connectivity index (χ3n) is 2.27. The van der Waals surface area contributed by atoms with E-state index < -0.39 is 0 Å². The van der Waals surface area contributed by atoms with Gasteiger partial charge >= 0.3 is 0 Å². The molecule has 1 rings (SSSR count). The Labute approximate surface area is 91.2 Å². The lowest BCUT2D eigenvalue weighted by atomic mass is 9.92. The first-order valence-corrected chi connectivity index (χ1v) is 5.45. The molecule has 0 unspecified atom stereocenters. The fraction of sp³-hybridized carbons (Fsp3) is 0.667. The number of nitrogens with zero attached hydrogens (tertiary/aromatic N) is 2. The first kappa shape index (κ1) is 12.0. The highest BCUT2D eigenvalue weighted by atomic mass is 16.1. The van der Waals surface area contributed by atoms with E-state index in [-0.39, 0.29) is 11.0 Å². The molecule has 3 nitrogen and oxygen atoms in total. The van der Waals surface area contributed by atoms with E-state index in [0.29, 0.717) is 5.69 Å². The summed E-state index contributed by atoms with van der Waals surface area (Å²) >= 11 is 0. The number of hydrogen-bond acceptors (Lipinski definition) is 2. The zero-order valence-electron chi connectivity index (χ0n) is 10.3. The van der Waals surface area contributed by atoms with Gasteiger partial charge in [-0.15, -0.1) is 0 Å². The maximum absolute atomic E-state index is 12.1. The summed E-state index contributed by atoms with van der Waals surface area (Å²) in [7, 11) is 0. The van der Waals surface area contributed by atoms with E-state index in [2.05, 4.69) is 11.9 Å². The van der Waals surface area contributed by atoms with Crippen LogP contribution in [0.4, 0.5) is 0 Å². The Balaban J connectivity index is 3.35. The Morgan fingerprint density at radius 3 is 2.47 bits per heavy atom. The molecule has 1 aromatic rings. The summed E-state index contributed by atoms with van der Waals surface area (Å²) < 4.78 is 1.77. The Morgan fingerprint density at radius 2 is 2.00 bits per heavy atom. The second kappa shape index (κ2) is 4.17. The average molecular weight is 208 g/mol. The molecule has 0 amide bonds. The van der Waals surface area contributed by atoms with Gasteiger partial charge in [-0.25, -0.2) is 0 Å². The summed E-state index contributed by atoms with van der Waals surface area (Å²) in [6, 6.07) is 0. The van der Waals surface area contributed by atoms with Gasteiger partial charge in [-0.2, -0.15) is 0 Å². The number of hydrogen-bond donors (Lipinski definition) is 0. The van der Waals surface area contributed by atoms with E-state index >= 15 is 0 Å². The van der Waals surface area contributed by atoms with E-state index in [1.54, 1.807) is 4.57 Å². The van der Waals surface area contributed by atoms with Gasteiger partial charge in [0.25, 0.3) is 5.56 Å². The summed E-state index contributed by atoms with van der Waals surface area (Å²) in [5.41, 5.74) is 1.44. The van der Waals surface area contributed by atoms with Gasteiger partial charge in [-0.05, 0) is 13.3 Å². The fourth-order valence-corrected chi connectivity index (χ4v) is 1.57. The van der Waals surface area contributed by atoms with Gasteiger partial charge < -0.3 is 4.57 Å². The smallest absolute Gasteiger partial charge is 0.272 e. The van der Waals surface area contributed by atoms with E-state index in [0.717, 1.165) is 18.7 Å². The molecule has 0 radical (unpaired) electrons. The number of rotatable bonds is 2. The first-order valence-electron chi connectivity index (χ1n) is 5.45. The van der Waals surface area contributed by atoms with Crippen LogP contribution in [0, 0.1) is 6.92 Å². The summed E-state index contributed by atoms with van der Waals surface area (Å²) in [4.78, 5) is 16.4. The molecule has 0 aliphatic carbocycles. The van der Waals surface area contributed by atoms with Crippen molar-refractivity contribution in [2.45, 2.75) is 53.0 Å². The van der Waals surface area contributed by atoms with Gasteiger partial charge in [0.05, 0.1) is 5.69 Å². The van der Waals surface area contributed by atoms with E-state index in [1.807, 2.05) is 33.9 Å². The third-order valence-corrected chi connectivity index (χ3v) is 2.27. The van der Waals surface area contributed by atoms with Gasteiger partial charge in [-0.1, -0.05) is 27.7 Å². The van der Waals surface area contributed by atoms with Crippen molar-refractivity contribution in [2.75, 3.05) is 0 Å². The van der Waals surface area contributed by atoms with Crippen molar-refractivity contribution in [1.82, 2.24) is 9.55 Å². The first-order chi connectivity index (χ1) is 6.86. The minimum atomic E-state index is -0.182. The van der Waals surface area contributed by atoms with Crippen LogP contribution in [0.15, 0.2) is 11.0 Å². The molecule has 0 aromatic carbocycles. The van der Waals surface area contributed by atoms with Crippen LogP contribution in [0.3, 0.4) is 0 Å². The Hall–Kier alpha value is -1.12. The molecule has 0 fully saturated rings. The molecular formula is C12H20N2O. The average Bonchev–Trinajstić information content (AvgIpc) is 2.09. The number of aryl methyl sites for hydroxylation is 2. The molecule has 1 aromatic heterocycles. The molecule has 15 heavy (non-hydrogen) atoms. The molecule has 1 heterocycles. The highest BCUT2D eigenvalue weighted by molar-refractivity contribution is 5.12. The Morgan fingerprint density at radius 1 is 1.40 bits per heavy atom. The van der Waals surface area contributed by atoms with Crippen LogP contribution in [0.5, 0.6) is 0 Å². The van der Waals surface area contributed by atoms with Crippen molar-refractivity contribution < 1.29 is 0 Å². The molecule has 0 spiro atoms. The van der Waals surface area contributed by atoms with Gasteiger partial charge in [-0.3, -0.25) is 9.78 Å². The normalized spacial score (nSPS) is 11.8. The lowest BCUT2D eigenvalue weighted by molar-refractivity contribution is 0.532. The molecular weight excluding hydrogens is 188 g/mol. The summed E-state index contributed by atoms with van der Waals surface area (Å²) in [6.45, 7) is 10.8. The van der Waals surface area contributed by atoms with E-state index in [4.69, 9.17) is 0 Å². The van der Waals surface area contributed by atoms with Crippen molar-refractivity contribution in [3.8, 4) is 0 Å². The third kappa shape index (κ3) is 2.67. The Bertz CT molecular complexity index is 399. The monoisotopic (exact) mass is 208 g/mol. The van der Waals surface area contributed by atoms with Crippen molar-refractivity contribution >= 4 is 0 Å². The standard InChI is InChI=1S/C12H20N2O/c1-6-7-14-8-9(2)13-10(11(14)15)12(3,4)5/h8H,6-7H2,1-5H3. The van der Waals surface area contributed by atoms with Crippen LogP contribution in [0.25, 0.3) is 0 Å². The predicted octanol–water partition coefficient (Wildman–Crippen LogP) is 2.26. The van der Waals surface area contributed by atoms with Crippen LogP contribution in [-0.4, -0.2) is 9.55 Å². The fourth-order valence-electron chi connectivity index (χ4n) is 1.57. The van der Waals surface area contributed by atoms with Gasteiger partial charge in [0.1, 0.15) is 5.69 Å². The van der Waals surface area contributed by atoms with Crippen LogP contribution in [-0.2, 0) is 12.0 Å². The summed E-state index contributed by atoms with van der Waals surface area (Å²) in [5.74, 6) is 0. The van der Waals surface area contributed by atoms with Crippen LogP contribution >= 0.6 is 0 Å². The molecule has 0 aliphatic heterocycles. The lowest BCUT2D eigenvalue weighted by Gasteiger charge is -2.18. The zero-order chi connectivity index (χ0) is 11.6. The van der Waals surface area contributed by atoms with Crippen LogP contribution in [0.2, 0.25) is 0 Å². The quantitative estimate of drug-likeness (QED) is 0.747. The van der Waals surface area contributed by atoms with Crippen molar-refractivity contribution in [3.63, 3.8) is 0 Å². The second-order valence-electron chi connectivity index (χ2n) is 4.98. The summed E-state index contributed by atoms with van der Waals surface area (Å²) in [6.07, 6.45) is 2.80. The summed E-state index contributed by atoms with van der Waals surface area (Å²) in [5, 5.41) is 0. The van der Waals surface area contributed by atoms with E-state index in [1.165, 1.54) is 0 Å². The molecule has 3 heteroatoms. The molecule has 84 valence electrons. The molecule has 0 saturated heterocycles. The maximum Gasteiger partial charge on any atom is 0.272 e. The molecule has 0 aliphatic rings. The highest BCUT2D eigenvalue weighted by Crippen LogP contribution is 2.16. The lowest BCUT2D eigenvalue weighted by Crippen LogP contribution is -2.32. The molecule has 0 saturated carbocycles. The minimum absolute atomic E-state index is 0.0509. The second-order valence-corrected chi connectivity index (χ2v) is 4.98. The maximum atomic E-state index is 12.1. The molecule has 0 atom stereocenters. The predicted molar refractivity (Wildman–Crippen MR) is 62.2 cm³/mol. The SMILES string of the molecule is CCCn1cc(C)nc(C(C)(C)C)c1=O. The molecule has 0 N–H and O–H groups in total. The topological polar surface area (TPSA) is 34.9 Å². The van der Waals surface area contributed by atoms with E-state index in [9.17, 15) is 4.79 Å². The molecule has 0 bridgehead atoms. The van der Waals surface area contributed by atoms with Crippen molar-refractivity contribution in [3.05, 3.63) is 27.9 Å². The van der Waals surface area contributed by atoms with Crippen LogP contribution in [0.1, 0.15) is 45.5 Å². The minimum Gasteiger partial charge on any atom is -0.312 e. The van der Waals surface area contributed by atoms with Gasteiger partial charge in [0.15, 0.2) is 0 Å².